The molecule has 74 valence electrons. The lowest BCUT2D eigenvalue weighted by atomic mass is 10.0. The van der Waals surface area contributed by atoms with Gasteiger partial charge in [0.1, 0.15) is 0 Å². The van der Waals surface area contributed by atoms with E-state index in [0.717, 1.165) is 16.8 Å². The highest BCUT2D eigenvalue weighted by atomic mass is 14.7. The van der Waals surface area contributed by atoms with Crippen LogP contribution >= 0.6 is 0 Å². The molecule has 0 aliphatic rings. The van der Waals surface area contributed by atoms with Gasteiger partial charge in [0.2, 0.25) is 0 Å². The van der Waals surface area contributed by atoms with Crippen LogP contribution in [0.1, 0.15) is 11.3 Å². The first-order valence-electron chi connectivity index (χ1n) is 4.73. The molecular formula is C13H12N2. The van der Waals surface area contributed by atoms with Gasteiger partial charge in [0.05, 0.1) is 5.69 Å². The smallest absolute Gasteiger partial charge is 0.0722 e. The van der Waals surface area contributed by atoms with Gasteiger partial charge >= 0.3 is 0 Å². The molecule has 2 heteroatoms. The molecular weight excluding hydrogens is 184 g/mol. The highest BCUT2D eigenvalue weighted by Gasteiger charge is 2.02. The molecule has 0 bridgehead atoms. The maximum Gasteiger partial charge on any atom is 0.0722 e. The fourth-order valence-electron chi connectivity index (χ4n) is 1.40. The summed E-state index contributed by atoms with van der Waals surface area (Å²) in [4.78, 5) is 4.24. The summed E-state index contributed by atoms with van der Waals surface area (Å²) in [5.74, 6) is 0. The summed E-state index contributed by atoms with van der Waals surface area (Å²) in [5, 5.41) is 0. The molecule has 0 aliphatic carbocycles. The number of benzene rings is 1. The van der Waals surface area contributed by atoms with Crippen molar-refractivity contribution in [2.24, 2.45) is 0 Å². The average Bonchev–Trinajstić information content (AvgIpc) is 2.29. The molecule has 15 heavy (non-hydrogen) atoms. The Balaban J connectivity index is 2.37. The molecule has 1 aromatic heterocycles. The van der Waals surface area contributed by atoms with Gasteiger partial charge < -0.3 is 5.73 Å². The molecule has 0 saturated carbocycles. The van der Waals surface area contributed by atoms with Crippen molar-refractivity contribution in [2.75, 3.05) is 5.73 Å². The van der Waals surface area contributed by atoms with Gasteiger partial charge in [-0.05, 0) is 17.7 Å². The Morgan fingerprint density at radius 2 is 1.87 bits per heavy atom. The quantitative estimate of drug-likeness (QED) is 0.802. The van der Waals surface area contributed by atoms with Crippen molar-refractivity contribution in [3.63, 3.8) is 0 Å². The normalized spacial score (nSPS) is 9.87. The lowest BCUT2D eigenvalue weighted by Crippen LogP contribution is -1.92. The SMILES string of the molecule is C=C(c1ccccc1)c1cc(N)ccn1. The molecule has 1 aromatic carbocycles. The first-order chi connectivity index (χ1) is 7.27. The van der Waals surface area contributed by atoms with E-state index in [1.165, 1.54) is 0 Å². The number of anilines is 1. The van der Waals surface area contributed by atoms with E-state index in [4.69, 9.17) is 5.73 Å². The van der Waals surface area contributed by atoms with Gasteiger partial charge in [0.15, 0.2) is 0 Å². The van der Waals surface area contributed by atoms with Crippen LogP contribution in [0.5, 0.6) is 0 Å². The molecule has 2 nitrogen and oxygen atoms in total. The molecule has 2 rings (SSSR count). The number of pyridine rings is 1. The molecule has 0 spiro atoms. The topological polar surface area (TPSA) is 38.9 Å². The van der Waals surface area contributed by atoms with Crippen LogP contribution in [0.4, 0.5) is 5.69 Å². The molecule has 0 unspecified atom stereocenters. The van der Waals surface area contributed by atoms with E-state index in [9.17, 15) is 0 Å². The second kappa shape index (κ2) is 3.96. The van der Waals surface area contributed by atoms with Crippen molar-refractivity contribution < 1.29 is 0 Å². The van der Waals surface area contributed by atoms with Crippen LogP contribution in [0, 0.1) is 0 Å². The summed E-state index contributed by atoms with van der Waals surface area (Å²) in [6.45, 7) is 4.02. The van der Waals surface area contributed by atoms with E-state index < -0.39 is 0 Å². The zero-order valence-corrected chi connectivity index (χ0v) is 8.35. The van der Waals surface area contributed by atoms with Gasteiger partial charge in [-0.25, -0.2) is 0 Å². The van der Waals surface area contributed by atoms with Crippen molar-refractivity contribution >= 4 is 11.3 Å². The number of hydrogen-bond acceptors (Lipinski definition) is 2. The van der Waals surface area contributed by atoms with Crippen LogP contribution in [-0.4, -0.2) is 4.98 Å². The van der Waals surface area contributed by atoms with Gasteiger partial charge in [-0.2, -0.15) is 0 Å². The number of nitrogens with zero attached hydrogens (tertiary/aromatic N) is 1. The van der Waals surface area contributed by atoms with Gasteiger partial charge in [-0.1, -0.05) is 36.9 Å². The Kier molecular flexibility index (Phi) is 2.50. The maximum absolute atomic E-state index is 5.69. The van der Waals surface area contributed by atoms with E-state index in [0.29, 0.717) is 5.69 Å². The fourth-order valence-corrected chi connectivity index (χ4v) is 1.40. The molecule has 0 amide bonds. The monoisotopic (exact) mass is 196 g/mol. The van der Waals surface area contributed by atoms with E-state index in [1.807, 2.05) is 36.4 Å². The van der Waals surface area contributed by atoms with E-state index >= 15 is 0 Å². The lowest BCUT2D eigenvalue weighted by molar-refractivity contribution is 1.28. The van der Waals surface area contributed by atoms with Crippen LogP contribution in [0.15, 0.2) is 55.2 Å². The Hall–Kier alpha value is -2.09. The molecule has 0 radical (unpaired) electrons. The van der Waals surface area contributed by atoms with E-state index in [2.05, 4.69) is 11.6 Å². The minimum absolute atomic E-state index is 0.706. The lowest BCUT2D eigenvalue weighted by Gasteiger charge is -2.05. The summed E-state index contributed by atoms with van der Waals surface area (Å²) >= 11 is 0. The standard InChI is InChI=1S/C13H12N2/c1-10(11-5-3-2-4-6-11)13-9-12(14)7-8-15-13/h2-9H,1H2,(H2,14,15). The zero-order valence-electron chi connectivity index (χ0n) is 8.35. The van der Waals surface area contributed by atoms with E-state index in [1.54, 1.807) is 12.3 Å². The Labute approximate surface area is 89.1 Å². The summed E-state index contributed by atoms with van der Waals surface area (Å²) in [6, 6.07) is 13.5. The first-order valence-corrected chi connectivity index (χ1v) is 4.73. The summed E-state index contributed by atoms with van der Waals surface area (Å²) in [6.07, 6.45) is 1.69. The predicted molar refractivity (Wildman–Crippen MR) is 63.2 cm³/mol. The van der Waals surface area contributed by atoms with Crippen molar-refractivity contribution in [3.05, 3.63) is 66.5 Å². The summed E-state index contributed by atoms with van der Waals surface area (Å²) in [7, 11) is 0. The summed E-state index contributed by atoms with van der Waals surface area (Å²) < 4.78 is 0. The Morgan fingerprint density at radius 3 is 2.53 bits per heavy atom. The van der Waals surface area contributed by atoms with E-state index in [-0.39, 0.29) is 0 Å². The molecule has 0 atom stereocenters. The minimum Gasteiger partial charge on any atom is -0.399 e. The minimum atomic E-state index is 0.706. The van der Waals surface area contributed by atoms with Crippen molar-refractivity contribution in [3.8, 4) is 0 Å². The summed E-state index contributed by atoms with van der Waals surface area (Å²) in [5.41, 5.74) is 9.18. The molecule has 2 N–H and O–H groups in total. The molecule has 0 aliphatic heterocycles. The van der Waals surface area contributed by atoms with Crippen LogP contribution in [-0.2, 0) is 0 Å². The van der Waals surface area contributed by atoms with Crippen molar-refractivity contribution in [1.29, 1.82) is 0 Å². The molecule has 1 heterocycles. The predicted octanol–water partition coefficient (Wildman–Crippen LogP) is 2.73. The van der Waals surface area contributed by atoms with Crippen LogP contribution in [0.2, 0.25) is 0 Å². The van der Waals surface area contributed by atoms with Gasteiger partial charge in [0, 0.05) is 17.5 Å². The third-order valence-corrected chi connectivity index (χ3v) is 2.22. The van der Waals surface area contributed by atoms with Crippen LogP contribution in [0.3, 0.4) is 0 Å². The largest absolute Gasteiger partial charge is 0.399 e. The second-order valence-corrected chi connectivity index (χ2v) is 3.32. The third-order valence-electron chi connectivity index (χ3n) is 2.22. The van der Waals surface area contributed by atoms with Gasteiger partial charge in [0.25, 0.3) is 0 Å². The zero-order chi connectivity index (χ0) is 10.7. The average molecular weight is 196 g/mol. The third kappa shape index (κ3) is 2.05. The Bertz CT molecular complexity index is 475. The molecule has 0 fully saturated rings. The Morgan fingerprint density at radius 1 is 1.13 bits per heavy atom. The maximum atomic E-state index is 5.69. The number of aromatic nitrogens is 1. The molecule has 2 aromatic rings. The van der Waals surface area contributed by atoms with Crippen LogP contribution < -0.4 is 5.73 Å². The second-order valence-electron chi connectivity index (χ2n) is 3.32. The number of nitrogens with two attached hydrogens (primary N) is 1. The number of rotatable bonds is 2. The van der Waals surface area contributed by atoms with Crippen LogP contribution in [0.25, 0.3) is 5.57 Å². The van der Waals surface area contributed by atoms with Crippen molar-refractivity contribution in [2.45, 2.75) is 0 Å². The number of hydrogen-bond donors (Lipinski definition) is 1. The van der Waals surface area contributed by atoms with Gasteiger partial charge in [-0.15, -0.1) is 0 Å². The highest BCUT2D eigenvalue weighted by Crippen LogP contribution is 2.20. The van der Waals surface area contributed by atoms with Crippen molar-refractivity contribution in [1.82, 2.24) is 4.98 Å². The molecule has 0 saturated heterocycles. The first kappa shape index (κ1) is 9.46. The highest BCUT2D eigenvalue weighted by molar-refractivity contribution is 5.76. The number of nitrogen functional groups attached to an aromatic ring is 1. The fraction of sp³-hybridized carbons (Fsp3) is 0. The van der Waals surface area contributed by atoms with Gasteiger partial charge in [-0.3, -0.25) is 4.98 Å².